The van der Waals surface area contributed by atoms with E-state index in [1.54, 1.807) is 0 Å². The summed E-state index contributed by atoms with van der Waals surface area (Å²) in [6, 6.07) is 0.872. The van der Waals surface area contributed by atoms with Gasteiger partial charge >= 0.3 is 0 Å². The minimum absolute atomic E-state index is 0.851. The molecule has 0 heterocycles. The lowest BCUT2D eigenvalue weighted by molar-refractivity contribution is 0.335. The quantitative estimate of drug-likeness (QED) is 0.348. The van der Waals surface area contributed by atoms with Crippen molar-refractivity contribution in [3.63, 3.8) is 0 Å². The third-order valence-corrected chi connectivity index (χ3v) is 5.29. The van der Waals surface area contributed by atoms with Gasteiger partial charge in [-0.15, -0.1) is 0 Å². The van der Waals surface area contributed by atoms with Crippen molar-refractivity contribution in [2.45, 2.75) is 110 Å². The molecule has 0 radical (unpaired) electrons. The van der Waals surface area contributed by atoms with Crippen molar-refractivity contribution < 1.29 is 0 Å². The Morgan fingerprint density at radius 2 is 1.29 bits per heavy atom. The van der Waals surface area contributed by atoms with Gasteiger partial charge in [0.05, 0.1) is 0 Å². The van der Waals surface area contributed by atoms with Gasteiger partial charge in [0.2, 0.25) is 0 Å². The largest absolute Gasteiger partial charge is 0.314 e. The molecule has 0 saturated heterocycles. The molecule has 1 rings (SSSR count). The fourth-order valence-corrected chi connectivity index (χ4v) is 3.08. The molecule has 1 N–H and O–H groups in total. The molecule has 0 aromatic rings. The first-order chi connectivity index (χ1) is 10.2. The predicted molar refractivity (Wildman–Crippen MR) is 95.8 cm³/mol. The number of hydrogen-bond acceptors (Lipinski definition) is 1. The monoisotopic (exact) mass is 295 g/mol. The summed E-state index contributed by atoms with van der Waals surface area (Å²) in [5.74, 6) is 1.74. The van der Waals surface area contributed by atoms with Gasteiger partial charge in [-0.1, -0.05) is 91.4 Å². The van der Waals surface area contributed by atoms with Crippen LogP contribution in [0.2, 0.25) is 0 Å². The molecule has 0 spiro atoms. The van der Waals surface area contributed by atoms with Crippen LogP contribution in [0.4, 0.5) is 0 Å². The molecule has 21 heavy (non-hydrogen) atoms. The molecule has 2 atom stereocenters. The number of unbranched alkanes of at least 4 members (excludes halogenated alkanes) is 9. The second-order valence-electron chi connectivity index (χ2n) is 7.61. The summed E-state index contributed by atoms with van der Waals surface area (Å²) in [5.41, 5.74) is 0. The van der Waals surface area contributed by atoms with E-state index in [2.05, 4.69) is 26.1 Å². The molecule has 126 valence electrons. The zero-order valence-electron chi connectivity index (χ0n) is 15.1. The molecule has 0 amide bonds. The van der Waals surface area contributed by atoms with Crippen molar-refractivity contribution in [2.24, 2.45) is 11.8 Å². The molecule has 1 nitrogen and oxygen atoms in total. The van der Waals surface area contributed by atoms with Gasteiger partial charge in [0.25, 0.3) is 0 Å². The maximum absolute atomic E-state index is 3.68. The summed E-state index contributed by atoms with van der Waals surface area (Å²) in [6.45, 7) is 8.41. The molecule has 1 aliphatic carbocycles. The van der Waals surface area contributed by atoms with Gasteiger partial charge < -0.3 is 5.32 Å². The Morgan fingerprint density at radius 1 is 0.762 bits per heavy atom. The molecule has 0 aromatic carbocycles. The van der Waals surface area contributed by atoms with Gasteiger partial charge in [-0.3, -0.25) is 0 Å². The van der Waals surface area contributed by atoms with E-state index < -0.39 is 0 Å². The topological polar surface area (TPSA) is 12.0 Å². The van der Waals surface area contributed by atoms with Crippen LogP contribution < -0.4 is 5.32 Å². The summed E-state index contributed by atoms with van der Waals surface area (Å²) in [6.07, 6.45) is 18.8. The summed E-state index contributed by atoms with van der Waals surface area (Å²) in [7, 11) is 0. The Bertz CT molecular complexity index is 222. The van der Waals surface area contributed by atoms with E-state index in [0.717, 1.165) is 17.9 Å². The second kappa shape index (κ2) is 12.5. The molecular formula is C20H41N. The highest BCUT2D eigenvalue weighted by molar-refractivity contribution is 4.81. The molecule has 2 unspecified atom stereocenters. The Morgan fingerprint density at radius 3 is 1.81 bits per heavy atom. The van der Waals surface area contributed by atoms with Crippen LogP contribution in [0.3, 0.4) is 0 Å². The average molecular weight is 296 g/mol. The van der Waals surface area contributed by atoms with Crippen LogP contribution in [0.15, 0.2) is 0 Å². The van der Waals surface area contributed by atoms with Gasteiger partial charge in [-0.2, -0.15) is 0 Å². The third kappa shape index (κ3) is 11.2. The first-order valence-corrected chi connectivity index (χ1v) is 9.97. The van der Waals surface area contributed by atoms with Crippen LogP contribution in [-0.4, -0.2) is 12.6 Å². The van der Waals surface area contributed by atoms with Gasteiger partial charge in [0, 0.05) is 6.04 Å². The van der Waals surface area contributed by atoms with Gasteiger partial charge in [0.15, 0.2) is 0 Å². The molecule has 1 fully saturated rings. The van der Waals surface area contributed by atoms with Crippen LogP contribution in [0.25, 0.3) is 0 Å². The van der Waals surface area contributed by atoms with Crippen LogP contribution in [-0.2, 0) is 0 Å². The molecule has 0 bridgehead atoms. The standard InChI is InChI=1S/C20H41N/c1-4-5-6-7-8-9-10-11-12-13-14-18(2)19(3)17-21-20-15-16-20/h18-21H,4-17H2,1-3H3. The molecule has 1 saturated carbocycles. The molecule has 1 heteroatoms. The zero-order valence-corrected chi connectivity index (χ0v) is 15.1. The van der Waals surface area contributed by atoms with Crippen molar-refractivity contribution in [1.82, 2.24) is 5.32 Å². The average Bonchev–Trinajstić information content (AvgIpc) is 3.30. The van der Waals surface area contributed by atoms with Gasteiger partial charge in [-0.05, 0) is 31.2 Å². The highest BCUT2D eigenvalue weighted by Gasteiger charge is 2.22. The fraction of sp³-hybridized carbons (Fsp3) is 1.00. The summed E-state index contributed by atoms with van der Waals surface area (Å²) in [5, 5.41) is 3.68. The molecule has 0 aliphatic heterocycles. The fourth-order valence-electron chi connectivity index (χ4n) is 3.08. The van der Waals surface area contributed by atoms with Crippen LogP contribution in [0.5, 0.6) is 0 Å². The maximum Gasteiger partial charge on any atom is 0.00683 e. The highest BCUT2D eigenvalue weighted by atomic mass is 14.9. The van der Waals surface area contributed by atoms with Crippen molar-refractivity contribution in [3.05, 3.63) is 0 Å². The zero-order chi connectivity index (χ0) is 15.3. The van der Waals surface area contributed by atoms with Crippen LogP contribution in [0, 0.1) is 11.8 Å². The van der Waals surface area contributed by atoms with Crippen molar-refractivity contribution in [3.8, 4) is 0 Å². The first kappa shape index (κ1) is 19.0. The smallest absolute Gasteiger partial charge is 0.00683 e. The molecule has 0 aromatic heterocycles. The Kier molecular flexibility index (Phi) is 11.3. The van der Waals surface area contributed by atoms with Gasteiger partial charge in [-0.25, -0.2) is 0 Å². The molecular weight excluding hydrogens is 254 g/mol. The maximum atomic E-state index is 3.68. The van der Waals surface area contributed by atoms with E-state index in [4.69, 9.17) is 0 Å². The third-order valence-electron chi connectivity index (χ3n) is 5.29. The SMILES string of the molecule is CCCCCCCCCCCCC(C)C(C)CNC1CC1. The Labute approximate surface area is 134 Å². The second-order valence-corrected chi connectivity index (χ2v) is 7.61. The Balaban J connectivity index is 1.79. The van der Waals surface area contributed by atoms with Crippen molar-refractivity contribution in [2.75, 3.05) is 6.54 Å². The number of hydrogen-bond donors (Lipinski definition) is 1. The summed E-state index contributed by atoms with van der Waals surface area (Å²) >= 11 is 0. The lowest BCUT2D eigenvalue weighted by Gasteiger charge is -2.20. The van der Waals surface area contributed by atoms with Gasteiger partial charge in [0.1, 0.15) is 0 Å². The summed E-state index contributed by atoms with van der Waals surface area (Å²) < 4.78 is 0. The van der Waals surface area contributed by atoms with Crippen molar-refractivity contribution >= 4 is 0 Å². The van der Waals surface area contributed by atoms with Crippen molar-refractivity contribution in [1.29, 1.82) is 0 Å². The number of nitrogens with one attached hydrogen (secondary N) is 1. The lowest BCUT2D eigenvalue weighted by Crippen LogP contribution is -2.26. The van der Waals surface area contributed by atoms with E-state index in [0.29, 0.717) is 0 Å². The summed E-state index contributed by atoms with van der Waals surface area (Å²) in [4.78, 5) is 0. The minimum Gasteiger partial charge on any atom is -0.314 e. The van der Waals surface area contributed by atoms with Crippen LogP contribution in [0.1, 0.15) is 104 Å². The minimum atomic E-state index is 0.851. The van der Waals surface area contributed by atoms with E-state index in [-0.39, 0.29) is 0 Å². The normalized spacial score (nSPS) is 17.9. The van der Waals surface area contributed by atoms with E-state index in [1.807, 2.05) is 0 Å². The highest BCUT2D eigenvalue weighted by Crippen LogP contribution is 2.22. The van der Waals surface area contributed by atoms with E-state index in [1.165, 1.54) is 90.0 Å². The first-order valence-electron chi connectivity index (χ1n) is 9.97. The van der Waals surface area contributed by atoms with E-state index >= 15 is 0 Å². The predicted octanol–water partition coefficient (Wildman–Crippen LogP) is 6.32. The molecule has 1 aliphatic rings. The lowest BCUT2D eigenvalue weighted by atomic mass is 9.90. The number of rotatable bonds is 15. The Hall–Kier alpha value is -0.0400. The van der Waals surface area contributed by atoms with Crippen LogP contribution >= 0.6 is 0 Å². The van der Waals surface area contributed by atoms with E-state index in [9.17, 15) is 0 Å².